The maximum atomic E-state index is 12.0. The first-order valence-corrected chi connectivity index (χ1v) is 7.23. The molecule has 0 spiro atoms. The zero-order valence-corrected chi connectivity index (χ0v) is 12.0. The summed E-state index contributed by atoms with van der Waals surface area (Å²) in [5, 5.41) is 12.1. The third-order valence-electron chi connectivity index (χ3n) is 3.72. The van der Waals surface area contributed by atoms with Gasteiger partial charge in [-0.1, -0.05) is 0 Å². The van der Waals surface area contributed by atoms with Crippen LogP contribution in [-0.4, -0.2) is 30.4 Å². The fourth-order valence-corrected chi connectivity index (χ4v) is 2.51. The third-order valence-corrected chi connectivity index (χ3v) is 3.72. The summed E-state index contributed by atoms with van der Waals surface area (Å²) in [6.45, 7) is 4.38. The van der Waals surface area contributed by atoms with Crippen molar-refractivity contribution in [1.29, 1.82) is 5.26 Å². The van der Waals surface area contributed by atoms with E-state index in [1.807, 2.05) is 30.0 Å². The molecule has 4 nitrogen and oxygen atoms in total. The molecular formula is C16H21N3O. The van der Waals surface area contributed by atoms with Crippen LogP contribution < -0.4 is 5.32 Å². The number of rotatable bonds is 4. The lowest BCUT2D eigenvalue weighted by Gasteiger charge is -2.26. The van der Waals surface area contributed by atoms with E-state index in [-0.39, 0.29) is 5.91 Å². The number of nitrogens with one attached hydrogen (secondary N) is 1. The molecule has 20 heavy (non-hydrogen) atoms. The van der Waals surface area contributed by atoms with Gasteiger partial charge in [-0.3, -0.25) is 4.79 Å². The molecular weight excluding hydrogens is 250 g/mol. The van der Waals surface area contributed by atoms with E-state index in [0.717, 1.165) is 37.2 Å². The molecule has 1 aliphatic rings. The zero-order valence-electron chi connectivity index (χ0n) is 12.0. The molecule has 1 N–H and O–H groups in total. The van der Waals surface area contributed by atoms with E-state index in [1.54, 1.807) is 0 Å². The Kier molecular flexibility index (Phi) is 5.00. The number of nitriles is 1. The number of hydrogen-bond donors (Lipinski definition) is 1. The SMILES string of the molecule is Cc1cc(NCCC(=O)N2CCCCC2)ccc1C#N. The highest BCUT2D eigenvalue weighted by Gasteiger charge is 2.15. The van der Waals surface area contributed by atoms with Crippen LogP contribution in [0.1, 0.15) is 36.8 Å². The molecule has 1 aromatic carbocycles. The standard InChI is InChI=1S/C16H21N3O/c1-13-11-15(6-5-14(13)12-17)18-8-7-16(20)19-9-3-2-4-10-19/h5-6,11,18H,2-4,7-10H2,1H3. The molecule has 4 heteroatoms. The van der Waals surface area contributed by atoms with Crippen LogP contribution in [0.3, 0.4) is 0 Å². The van der Waals surface area contributed by atoms with Crippen LogP contribution in [0.25, 0.3) is 0 Å². The topological polar surface area (TPSA) is 56.1 Å². The highest BCUT2D eigenvalue weighted by molar-refractivity contribution is 5.76. The van der Waals surface area contributed by atoms with Gasteiger partial charge in [-0.25, -0.2) is 0 Å². The monoisotopic (exact) mass is 271 g/mol. The highest BCUT2D eigenvalue weighted by Crippen LogP contribution is 2.15. The third kappa shape index (κ3) is 3.74. The zero-order chi connectivity index (χ0) is 14.4. The summed E-state index contributed by atoms with van der Waals surface area (Å²) in [4.78, 5) is 14.0. The number of carbonyl (C=O) groups excluding carboxylic acids is 1. The Balaban J connectivity index is 1.79. The molecule has 0 saturated carbocycles. The summed E-state index contributed by atoms with van der Waals surface area (Å²) in [5.41, 5.74) is 2.62. The number of aryl methyl sites for hydroxylation is 1. The summed E-state index contributed by atoms with van der Waals surface area (Å²) in [7, 11) is 0. The summed E-state index contributed by atoms with van der Waals surface area (Å²) in [5.74, 6) is 0.238. The number of carbonyl (C=O) groups is 1. The largest absolute Gasteiger partial charge is 0.385 e. The molecule has 0 aliphatic carbocycles. The molecule has 0 radical (unpaired) electrons. The lowest BCUT2D eigenvalue weighted by molar-refractivity contribution is -0.131. The number of hydrogen-bond acceptors (Lipinski definition) is 3. The van der Waals surface area contributed by atoms with Crippen molar-refractivity contribution in [2.24, 2.45) is 0 Å². The van der Waals surface area contributed by atoms with E-state index in [4.69, 9.17) is 5.26 Å². The van der Waals surface area contributed by atoms with Gasteiger partial charge in [0.2, 0.25) is 5.91 Å². The van der Waals surface area contributed by atoms with Crippen LogP contribution in [0, 0.1) is 18.3 Å². The van der Waals surface area contributed by atoms with Gasteiger partial charge in [0.05, 0.1) is 11.6 Å². The quantitative estimate of drug-likeness (QED) is 0.916. The van der Waals surface area contributed by atoms with Gasteiger partial charge < -0.3 is 10.2 Å². The number of anilines is 1. The van der Waals surface area contributed by atoms with E-state index >= 15 is 0 Å². The fraction of sp³-hybridized carbons (Fsp3) is 0.500. The van der Waals surface area contributed by atoms with E-state index in [2.05, 4.69) is 11.4 Å². The number of likely N-dealkylation sites (tertiary alicyclic amines) is 1. The van der Waals surface area contributed by atoms with E-state index in [0.29, 0.717) is 18.5 Å². The second kappa shape index (κ2) is 6.95. The number of piperidine rings is 1. The van der Waals surface area contributed by atoms with Crippen molar-refractivity contribution in [2.45, 2.75) is 32.6 Å². The maximum Gasteiger partial charge on any atom is 0.224 e. The van der Waals surface area contributed by atoms with Crippen LogP contribution in [0.5, 0.6) is 0 Å². The lowest BCUT2D eigenvalue weighted by Crippen LogP contribution is -2.36. The van der Waals surface area contributed by atoms with Gasteiger partial charge in [-0.05, 0) is 49.9 Å². The molecule has 2 rings (SSSR count). The van der Waals surface area contributed by atoms with Crippen LogP contribution in [0.15, 0.2) is 18.2 Å². The van der Waals surface area contributed by atoms with E-state index in [1.165, 1.54) is 6.42 Å². The van der Waals surface area contributed by atoms with Gasteiger partial charge in [0.1, 0.15) is 0 Å². The van der Waals surface area contributed by atoms with Crippen LogP contribution in [0.4, 0.5) is 5.69 Å². The van der Waals surface area contributed by atoms with E-state index in [9.17, 15) is 4.79 Å². The van der Waals surface area contributed by atoms with Crippen molar-refractivity contribution in [3.63, 3.8) is 0 Å². The van der Waals surface area contributed by atoms with Gasteiger partial charge in [-0.2, -0.15) is 5.26 Å². The Morgan fingerprint density at radius 1 is 1.35 bits per heavy atom. The Bertz CT molecular complexity index is 513. The van der Waals surface area contributed by atoms with Gasteiger partial charge in [0, 0.05) is 31.7 Å². The number of benzene rings is 1. The van der Waals surface area contributed by atoms with Crippen LogP contribution in [0.2, 0.25) is 0 Å². The maximum absolute atomic E-state index is 12.0. The molecule has 1 aromatic rings. The molecule has 1 aliphatic heterocycles. The molecule has 0 aromatic heterocycles. The second-order valence-electron chi connectivity index (χ2n) is 5.26. The second-order valence-corrected chi connectivity index (χ2v) is 5.26. The summed E-state index contributed by atoms with van der Waals surface area (Å²) in [6.07, 6.45) is 4.04. The lowest BCUT2D eigenvalue weighted by atomic mass is 10.1. The molecule has 0 unspecified atom stereocenters. The molecule has 0 bridgehead atoms. The van der Waals surface area contributed by atoms with Gasteiger partial charge in [0.25, 0.3) is 0 Å². The minimum Gasteiger partial charge on any atom is -0.385 e. The fourth-order valence-electron chi connectivity index (χ4n) is 2.51. The summed E-state index contributed by atoms with van der Waals surface area (Å²) in [6, 6.07) is 7.80. The first kappa shape index (κ1) is 14.4. The minimum atomic E-state index is 0.238. The Labute approximate surface area is 120 Å². The summed E-state index contributed by atoms with van der Waals surface area (Å²) < 4.78 is 0. The molecule has 0 atom stereocenters. The molecule has 106 valence electrons. The van der Waals surface area contributed by atoms with Crippen LogP contribution >= 0.6 is 0 Å². The normalized spacial score (nSPS) is 14.7. The first-order chi connectivity index (χ1) is 9.70. The minimum absolute atomic E-state index is 0.238. The molecule has 1 amide bonds. The smallest absolute Gasteiger partial charge is 0.224 e. The van der Waals surface area contributed by atoms with Crippen molar-refractivity contribution in [1.82, 2.24) is 4.90 Å². The van der Waals surface area contributed by atoms with Crippen molar-refractivity contribution in [3.8, 4) is 6.07 Å². The average molecular weight is 271 g/mol. The Morgan fingerprint density at radius 2 is 2.10 bits per heavy atom. The molecule has 1 fully saturated rings. The first-order valence-electron chi connectivity index (χ1n) is 7.23. The van der Waals surface area contributed by atoms with Crippen molar-refractivity contribution in [3.05, 3.63) is 29.3 Å². The Morgan fingerprint density at radius 3 is 2.75 bits per heavy atom. The predicted molar refractivity (Wildman–Crippen MR) is 79.4 cm³/mol. The van der Waals surface area contributed by atoms with Crippen LogP contribution in [-0.2, 0) is 4.79 Å². The van der Waals surface area contributed by atoms with Crippen molar-refractivity contribution < 1.29 is 4.79 Å². The number of amides is 1. The predicted octanol–water partition coefficient (Wildman–Crippen LogP) is 2.68. The van der Waals surface area contributed by atoms with E-state index < -0.39 is 0 Å². The highest BCUT2D eigenvalue weighted by atomic mass is 16.2. The molecule has 1 saturated heterocycles. The molecule has 1 heterocycles. The Hall–Kier alpha value is -2.02. The van der Waals surface area contributed by atoms with Gasteiger partial charge >= 0.3 is 0 Å². The number of nitrogens with zero attached hydrogens (tertiary/aromatic N) is 2. The van der Waals surface area contributed by atoms with Crippen molar-refractivity contribution in [2.75, 3.05) is 25.0 Å². The summed E-state index contributed by atoms with van der Waals surface area (Å²) >= 11 is 0. The average Bonchev–Trinajstić information content (AvgIpc) is 2.48. The van der Waals surface area contributed by atoms with Gasteiger partial charge in [-0.15, -0.1) is 0 Å². The van der Waals surface area contributed by atoms with Gasteiger partial charge in [0.15, 0.2) is 0 Å². The van der Waals surface area contributed by atoms with Crippen molar-refractivity contribution >= 4 is 11.6 Å².